The second-order valence-corrected chi connectivity index (χ2v) is 6.46. The monoisotopic (exact) mass is 348 g/mol. The number of hydrogen-bond donors (Lipinski definition) is 0. The number of carboxylic acids is 1. The summed E-state index contributed by atoms with van der Waals surface area (Å²) in [6, 6.07) is 0. The molecule has 0 fully saturated rings. The molecule has 0 aliphatic rings. The first-order valence-electron chi connectivity index (χ1n) is 9.65. The zero-order chi connectivity index (χ0) is 16.3. The minimum Gasteiger partial charge on any atom is -0.545 e. The van der Waals surface area contributed by atoms with Crippen LogP contribution in [0, 0.1) is 0 Å². The van der Waals surface area contributed by atoms with Crippen molar-refractivity contribution in [3.63, 3.8) is 0 Å². The number of hydrogen-bond acceptors (Lipinski definition) is 2. The molecule has 0 bridgehead atoms. The summed E-state index contributed by atoms with van der Waals surface area (Å²) < 4.78 is 0. The number of carboxylic acid groups (broad SMARTS) is 1. The Bertz CT molecular complexity index is 264. The quantitative estimate of drug-likeness (QED) is 0.230. The molecule has 0 heterocycles. The molecular weight excluding hydrogens is 311 g/mol. The van der Waals surface area contributed by atoms with Crippen molar-refractivity contribution >= 4 is 5.97 Å². The van der Waals surface area contributed by atoms with E-state index in [2.05, 4.69) is 6.92 Å². The van der Waals surface area contributed by atoms with E-state index < -0.39 is 5.97 Å². The predicted molar refractivity (Wildman–Crippen MR) is 93.7 cm³/mol. The van der Waals surface area contributed by atoms with Crippen LogP contribution in [0.5, 0.6) is 0 Å². The van der Waals surface area contributed by atoms with Gasteiger partial charge in [-0.2, -0.15) is 0 Å². The molecule has 0 aromatic heterocycles. The SMILES string of the molecule is CCCCCCCCCCCCCCCCCC=CC(=O)[O-].[K+]. The van der Waals surface area contributed by atoms with Crippen molar-refractivity contribution < 1.29 is 61.3 Å². The van der Waals surface area contributed by atoms with Crippen molar-refractivity contribution in [2.45, 2.75) is 110 Å². The van der Waals surface area contributed by atoms with E-state index >= 15 is 0 Å². The fourth-order valence-electron chi connectivity index (χ4n) is 2.81. The van der Waals surface area contributed by atoms with E-state index in [4.69, 9.17) is 0 Å². The van der Waals surface area contributed by atoms with Gasteiger partial charge in [0.1, 0.15) is 0 Å². The van der Waals surface area contributed by atoms with Crippen LogP contribution < -0.4 is 56.5 Å². The molecule has 0 radical (unpaired) electrons. The van der Waals surface area contributed by atoms with Crippen LogP contribution in [0.15, 0.2) is 12.2 Å². The van der Waals surface area contributed by atoms with Crippen molar-refractivity contribution in [3.05, 3.63) is 12.2 Å². The summed E-state index contributed by atoms with van der Waals surface area (Å²) in [4.78, 5) is 10.2. The molecular formula is C20H37KO2. The Balaban J connectivity index is 0. The summed E-state index contributed by atoms with van der Waals surface area (Å²) in [5, 5.41) is 10.2. The van der Waals surface area contributed by atoms with Crippen molar-refractivity contribution in [2.75, 3.05) is 0 Å². The van der Waals surface area contributed by atoms with E-state index in [9.17, 15) is 9.90 Å². The van der Waals surface area contributed by atoms with Crippen LogP contribution in [0.25, 0.3) is 0 Å². The molecule has 0 aromatic carbocycles. The Hall–Kier alpha value is 0.846. The van der Waals surface area contributed by atoms with Crippen molar-refractivity contribution in [1.29, 1.82) is 0 Å². The molecule has 130 valence electrons. The van der Waals surface area contributed by atoms with E-state index in [0.717, 1.165) is 18.9 Å². The number of carbonyl (C=O) groups is 1. The number of rotatable bonds is 17. The van der Waals surface area contributed by atoms with E-state index in [1.54, 1.807) is 6.08 Å². The maximum atomic E-state index is 10.2. The molecule has 3 heteroatoms. The third-order valence-electron chi connectivity index (χ3n) is 4.23. The molecule has 0 rings (SSSR count). The summed E-state index contributed by atoms with van der Waals surface area (Å²) in [5.74, 6) is -1.08. The maximum Gasteiger partial charge on any atom is 1.00 e. The number of aliphatic carboxylic acids is 1. The normalized spacial score (nSPS) is 10.8. The van der Waals surface area contributed by atoms with Crippen LogP contribution in [0.2, 0.25) is 0 Å². The zero-order valence-electron chi connectivity index (χ0n) is 15.8. The topological polar surface area (TPSA) is 40.1 Å². The Labute approximate surface area is 187 Å². The Morgan fingerprint density at radius 3 is 1.39 bits per heavy atom. The van der Waals surface area contributed by atoms with Crippen LogP contribution in [0.4, 0.5) is 0 Å². The van der Waals surface area contributed by atoms with Crippen LogP contribution in [-0.4, -0.2) is 5.97 Å². The van der Waals surface area contributed by atoms with Gasteiger partial charge in [-0.05, 0) is 18.9 Å². The largest absolute Gasteiger partial charge is 1.00 e. The smallest absolute Gasteiger partial charge is 0.545 e. The molecule has 0 unspecified atom stereocenters. The minimum atomic E-state index is -1.08. The standard InChI is InChI=1S/C20H38O2.K/c1-2-3-4-5-6-7-8-9-10-11-12-13-14-15-16-17-18-19-20(21)22;/h18-19H,2-17H2,1H3,(H,21,22);/q;+1/p-1. The molecule has 0 N–H and O–H groups in total. The molecule has 0 atom stereocenters. The third-order valence-corrected chi connectivity index (χ3v) is 4.23. The van der Waals surface area contributed by atoms with E-state index in [1.807, 2.05) is 0 Å². The molecule has 0 saturated carbocycles. The van der Waals surface area contributed by atoms with Gasteiger partial charge in [-0.25, -0.2) is 0 Å². The number of carbonyl (C=O) groups excluding carboxylic acids is 1. The number of allylic oxidation sites excluding steroid dienone is 1. The van der Waals surface area contributed by atoms with Gasteiger partial charge in [-0.1, -0.05) is 103 Å². The third kappa shape index (κ3) is 25.2. The van der Waals surface area contributed by atoms with Crippen LogP contribution >= 0.6 is 0 Å². The van der Waals surface area contributed by atoms with Gasteiger partial charge in [0.05, 0.1) is 5.97 Å². The van der Waals surface area contributed by atoms with Gasteiger partial charge in [0.2, 0.25) is 0 Å². The van der Waals surface area contributed by atoms with Gasteiger partial charge in [0.15, 0.2) is 0 Å². The first-order chi connectivity index (χ1) is 10.8. The summed E-state index contributed by atoms with van der Waals surface area (Å²) in [5.41, 5.74) is 0. The van der Waals surface area contributed by atoms with Crippen molar-refractivity contribution in [3.8, 4) is 0 Å². The van der Waals surface area contributed by atoms with Gasteiger partial charge < -0.3 is 9.90 Å². The molecule has 0 spiro atoms. The van der Waals surface area contributed by atoms with Crippen LogP contribution in [-0.2, 0) is 4.79 Å². The molecule has 0 aliphatic carbocycles. The Kier molecular flexibility index (Phi) is 25.9. The second-order valence-electron chi connectivity index (χ2n) is 6.46. The van der Waals surface area contributed by atoms with E-state index in [1.165, 1.54) is 89.9 Å². The first-order valence-corrected chi connectivity index (χ1v) is 9.65. The second kappa shape index (κ2) is 22.8. The molecule has 2 nitrogen and oxygen atoms in total. The predicted octanol–water partition coefficient (Wildman–Crippen LogP) is 2.56. The summed E-state index contributed by atoms with van der Waals surface area (Å²) in [7, 11) is 0. The van der Waals surface area contributed by atoms with Crippen molar-refractivity contribution in [2.24, 2.45) is 0 Å². The van der Waals surface area contributed by atoms with Gasteiger partial charge in [-0.3, -0.25) is 0 Å². The fraction of sp³-hybridized carbons (Fsp3) is 0.850. The maximum absolute atomic E-state index is 10.2. The molecule has 0 aliphatic heterocycles. The average molecular weight is 349 g/mol. The zero-order valence-corrected chi connectivity index (χ0v) is 18.9. The number of unbranched alkanes of at least 4 members (excludes halogenated alkanes) is 15. The van der Waals surface area contributed by atoms with Crippen LogP contribution in [0.1, 0.15) is 110 Å². The van der Waals surface area contributed by atoms with E-state index in [0.29, 0.717) is 0 Å². The molecule has 0 amide bonds. The van der Waals surface area contributed by atoms with E-state index in [-0.39, 0.29) is 51.4 Å². The van der Waals surface area contributed by atoms with Gasteiger partial charge in [0.25, 0.3) is 0 Å². The Morgan fingerprint density at radius 1 is 0.696 bits per heavy atom. The van der Waals surface area contributed by atoms with Gasteiger partial charge in [0, 0.05) is 0 Å². The van der Waals surface area contributed by atoms with Crippen molar-refractivity contribution in [1.82, 2.24) is 0 Å². The molecule has 23 heavy (non-hydrogen) atoms. The van der Waals surface area contributed by atoms with Gasteiger partial charge in [-0.15, -0.1) is 0 Å². The first kappa shape index (κ1) is 26.1. The fourth-order valence-corrected chi connectivity index (χ4v) is 2.81. The average Bonchev–Trinajstić information content (AvgIpc) is 2.50. The van der Waals surface area contributed by atoms with Gasteiger partial charge >= 0.3 is 51.4 Å². The van der Waals surface area contributed by atoms with Crippen LogP contribution in [0.3, 0.4) is 0 Å². The summed E-state index contributed by atoms with van der Waals surface area (Å²) >= 11 is 0. The molecule has 0 aromatic rings. The summed E-state index contributed by atoms with van der Waals surface area (Å²) in [6.45, 7) is 2.27. The molecule has 0 saturated heterocycles. The summed E-state index contributed by atoms with van der Waals surface area (Å²) in [6.07, 6.45) is 24.2. The Morgan fingerprint density at radius 2 is 1.04 bits per heavy atom. The minimum absolute atomic E-state index is 0.